The normalized spacial score (nSPS) is 41.4. The van der Waals surface area contributed by atoms with E-state index in [4.69, 9.17) is 9.47 Å². The van der Waals surface area contributed by atoms with Crippen molar-refractivity contribution >= 4 is 0 Å². The van der Waals surface area contributed by atoms with Crippen LogP contribution in [0.25, 0.3) is 0 Å². The molecule has 0 amide bonds. The number of halogens is 1. The summed E-state index contributed by atoms with van der Waals surface area (Å²) >= 11 is 0. The van der Waals surface area contributed by atoms with Gasteiger partial charge in [0.1, 0.15) is 0 Å². The summed E-state index contributed by atoms with van der Waals surface area (Å²) in [5, 5.41) is 0. The summed E-state index contributed by atoms with van der Waals surface area (Å²) in [5.74, 6) is 2.46. The van der Waals surface area contributed by atoms with E-state index in [2.05, 4.69) is 6.58 Å². The third-order valence-electron chi connectivity index (χ3n) is 5.55. The zero-order chi connectivity index (χ0) is 14.7. The van der Waals surface area contributed by atoms with Crippen molar-refractivity contribution in [1.29, 1.82) is 0 Å². The van der Waals surface area contributed by atoms with Crippen molar-refractivity contribution in [3.63, 3.8) is 0 Å². The van der Waals surface area contributed by atoms with Gasteiger partial charge in [0.25, 0.3) is 0 Å². The molecule has 0 aromatic carbocycles. The van der Waals surface area contributed by atoms with Gasteiger partial charge in [-0.05, 0) is 56.8 Å². The molecule has 2 fully saturated rings. The maximum atomic E-state index is 13.1. The van der Waals surface area contributed by atoms with Gasteiger partial charge in [0, 0.05) is 11.8 Å². The zero-order valence-electron chi connectivity index (χ0n) is 12.8. The number of ether oxygens (including phenoxy) is 2. The fourth-order valence-corrected chi connectivity index (χ4v) is 4.08. The second-order valence-electron chi connectivity index (χ2n) is 6.89. The molecule has 2 aliphatic carbocycles. The maximum Gasteiger partial charge on any atom is 0.160 e. The van der Waals surface area contributed by atoms with Crippen LogP contribution in [0.1, 0.15) is 44.9 Å². The Hall–Kier alpha value is -0.670. The van der Waals surface area contributed by atoms with E-state index in [0.29, 0.717) is 24.2 Å². The molecule has 0 spiro atoms. The van der Waals surface area contributed by atoms with Crippen LogP contribution in [-0.2, 0) is 9.47 Å². The van der Waals surface area contributed by atoms with Crippen LogP contribution in [0.3, 0.4) is 0 Å². The molecule has 1 saturated carbocycles. The highest BCUT2D eigenvalue weighted by Crippen LogP contribution is 2.41. The van der Waals surface area contributed by atoms with E-state index in [-0.39, 0.29) is 12.1 Å². The zero-order valence-corrected chi connectivity index (χ0v) is 12.8. The van der Waals surface area contributed by atoms with Gasteiger partial charge in [-0.3, -0.25) is 0 Å². The molecule has 0 radical (unpaired) electrons. The Labute approximate surface area is 127 Å². The molecule has 0 aromatic heterocycles. The van der Waals surface area contributed by atoms with Crippen LogP contribution in [0.4, 0.5) is 4.39 Å². The van der Waals surface area contributed by atoms with Crippen molar-refractivity contribution in [1.82, 2.24) is 0 Å². The largest absolute Gasteiger partial charge is 0.352 e. The molecule has 2 nitrogen and oxygen atoms in total. The van der Waals surface area contributed by atoms with E-state index < -0.39 is 0 Å². The highest BCUT2D eigenvalue weighted by Gasteiger charge is 2.34. The molecule has 21 heavy (non-hydrogen) atoms. The molecule has 0 bridgehead atoms. The predicted octanol–water partition coefficient (Wildman–Crippen LogP) is 4.62. The topological polar surface area (TPSA) is 18.5 Å². The molecular weight excluding hydrogens is 267 g/mol. The molecule has 3 aliphatic rings. The lowest BCUT2D eigenvalue weighted by molar-refractivity contribution is -0.223. The van der Waals surface area contributed by atoms with Crippen molar-refractivity contribution in [3.8, 4) is 0 Å². The smallest absolute Gasteiger partial charge is 0.160 e. The lowest BCUT2D eigenvalue weighted by Gasteiger charge is -2.39. The second-order valence-corrected chi connectivity index (χ2v) is 6.89. The minimum atomic E-state index is -0.00848. The van der Waals surface area contributed by atoms with Crippen LogP contribution in [0, 0.1) is 23.7 Å². The molecule has 1 aliphatic heterocycles. The van der Waals surface area contributed by atoms with Crippen molar-refractivity contribution in [2.24, 2.45) is 23.7 Å². The molecule has 3 heteroatoms. The van der Waals surface area contributed by atoms with Gasteiger partial charge < -0.3 is 9.47 Å². The lowest BCUT2D eigenvalue weighted by Crippen LogP contribution is -2.38. The summed E-state index contributed by atoms with van der Waals surface area (Å²) in [7, 11) is 0. The molecule has 1 atom stereocenters. The highest BCUT2D eigenvalue weighted by molar-refractivity contribution is 4.99. The van der Waals surface area contributed by atoms with Gasteiger partial charge in [0.15, 0.2) is 6.29 Å². The molecule has 1 unspecified atom stereocenters. The van der Waals surface area contributed by atoms with Crippen LogP contribution in [0.15, 0.2) is 24.6 Å². The van der Waals surface area contributed by atoms with Gasteiger partial charge in [-0.2, -0.15) is 0 Å². The van der Waals surface area contributed by atoms with Crippen LogP contribution in [0.2, 0.25) is 0 Å². The van der Waals surface area contributed by atoms with Crippen LogP contribution in [0.5, 0.6) is 0 Å². The second kappa shape index (κ2) is 7.06. The van der Waals surface area contributed by atoms with E-state index in [9.17, 15) is 4.39 Å². The first-order valence-electron chi connectivity index (χ1n) is 8.46. The molecule has 3 rings (SSSR count). The van der Waals surface area contributed by atoms with E-state index in [1.54, 1.807) is 0 Å². The summed E-state index contributed by atoms with van der Waals surface area (Å²) < 4.78 is 24.8. The summed E-state index contributed by atoms with van der Waals surface area (Å²) in [6.45, 7) is 5.30. The standard InChI is InChI=1S/C18H27FO2/c1-2-13-11-20-18(21-12-13)16-5-3-14(4-6-16)15-7-9-17(19)10-8-15/h2,9,13-16,18H,1,3-8,10-12H2/t13-,14-,15?,16-,18-. The number of rotatable bonds is 3. The Morgan fingerprint density at radius 2 is 1.67 bits per heavy atom. The average molecular weight is 294 g/mol. The van der Waals surface area contributed by atoms with Gasteiger partial charge >= 0.3 is 0 Å². The van der Waals surface area contributed by atoms with Gasteiger partial charge in [-0.25, -0.2) is 4.39 Å². The Bertz CT molecular complexity index is 377. The van der Waals surface area contributed by atoms with E-state index in [0.717, 1.165) is 32.0 Å². The summed E-state index contributed by atoms with van der Waals surface area (Å²) in [6, 6.07) is 0. The van der Waals surface area contributed by atoms with Crippen LogP contribution < -0.4 is 0 Å². The fourth-order valence-electron chi connectivity index (χ4n) is 4.08. The van der Waals surface area contributed by atoms with Gasteiger partial charge in [0.05, 0.1) is 19.0 Å². The molecule has 1 saturated heterocycles. The first-order chi connectivity index (χ1) is 10.3. The van der Waals surface area contributed by atoms with Crippen molar-refractivity contribution < 1.29 is 13.9 Å². The van der Waals surface area contributed by atoms with Crippen LogP contribution in [-0.4, -0.2) is 19.5 Å². The lowest BCUT2D eigenvalue weighted by atomic mass is 9.72. The van der Waals surface area contributed by atoms with Crippen molar-refractivity contribution in [2.45, 2.75) is 51.2 Å². The minimum Gasteiger partial charge on any atom is -0.352 e. The number of hydrogen-bond acceptors (Lipinski definition) is 2. The highest BCUT2D eigenvalue weighted by atomic mass is 19.1. The summed E-state index contributed by atoms with van der Waals surface area (Å²) in [4.78, 5) is 0. The Kier molecular flexibility index (Phi) is 5.12. The fraction of sp³-hybridized carbons (Fsp3) is 0.778. The third-order valence-corrected chi connectivity index (χ3v) is 5.55. The van der Waals surface area contributed by atoms with Crippen molar-refractivity contribution in [3.05, 3.63) is 24.6 Å². The molecule has 0 aromatic rings. The first-order valence-corrected chi connectivity index (χ1v) is 8.46. The first kappa shape index (κ1) is 15.2. The maximum absolute atomic E-state index is 13.1. The minimum absolute atomic E-state index is 0.00848. The van der Waals surface area contributed by atoms with Gasteiger partial charge in [-0.1, -0.05) is 12.2 Å². The Morgan fingerprint density at radius 1 is 1.00 bits per heavy atom. The summed E-state index contributed by atoms with van der Waals surface area (Å²) in [6.07, 6.45) is 11.2. The Morgan fingerprint density at radius 3 is 2.24 bits per heavy atom. The van der Waals surface area contributed by atoms with Crippen molar-refractivity contribution in [2.75, 3.05) is 13.2 Å². The number of allylic oxidation sites excluding steroid dienone is 2. The molecule has 118 valence electrons. The van der Waals surface area contributed by atoms with E-state index >= 15 is 0 Å². The Balaban J connectivity index is 1.44. The molecule has 0 N–H and O–H groups in total. The SMILES string of the molecule is C=C[C@H]1CO[C@H]([C@H]2CC[C@H](C3CC=C(F)CC3)CC2)OC1. The average Bonchev–Trinajstić information content (AvgIpc) is 2.56. The third kappa shape index (κ3) is 3.75. The van der Waals surface area contributed by atoms with E-state index in [1.807, 2.05) is 12.2 Å². The summed E-state index contributed by atoms with van der Waals surface area (Å²) in [5.41, 5.74) is 0. The molecule has 1 heterocycles. The number of hydrogen-bond donors (Lipinski definition) is 0. The van der Waals surface area contributed by atoms with E-state index in [1.165, 1.54) is 25.7 Å². The van der Waals surface area contributed by atoms with Gasteiger partial charge in [-0.15, -0.1) is 6.58 Å². The molecular formula is C18H27FO2. The predicted molar refractivity (Wildman–Crippen MR) is 81.4 cm³/mol. The van der Waals surface area contributed by atoms with Crippen LogP contribution >= 0.6 is 0 Å². The monoisotopic (exact) mass is 294 g/mol. The van der Waals surface area contributed by atoms with Gasteiger partial charge in [0.2, 0.25) is 0 Å². The quantitative estimate of drug-likeness (QED) is 0.707.